The lowest BCUT2D eigenvalue weighted by atomic mass is 9.96. The Kier molecular flexibility index (Phi) is 15.4. The number of carbonyl (C=O) groups excluding carboxylic acids is 1. The maximum Gasteiger partial charge on any atom is 0.217 e. The molecule has 20 atom stereocenters. The molecule has 1 amide bonds. The Morgan fingerprint density at radius 3 is 1.59 bits per heavy atom. The van der Waals surface area contributed by atoms with Crippen molar-refractivity contribution in [3.05, 3.63) is 30.3 Å². The fraction of sp³-hybridized carbons (Fsp3) is 0.781. The number of hydrogen-bond acceptors (Lipinski definition) is 21. The van der Waals surface area contributed by atoms with Gasteiger partial charge in [-0.1, -0.05) is 30.0 Å². The normalized spacial score (nSPS) is 45.9. The summed E-state index contributed by atoms with van der Waals surface area (Å²) < 4.78 is 40.6. The molecule has 21 nitrogen and oxygen atoms in total. The number of aliphatic hydroxyl groups excluding tert-OH is 12. The van der Waals surface area contributed by atoms with Crippen LogP contribution in [0.2, 0.25) is 0 Å². The van der Waals surface area contributed by atoms with Gasteiger partial charge in [0.05, 0.1) is 32.5 Å². The predicted molar refractivity (Wildman–Crippen MR) is 176 cm³/mol. The van der Waals surface area contributed by atoms with Crippen LogP contribution in [0, 0.1) is 0 Å². The molecule has 13 N–H and O–H groups in total. The minimum absolute atomic E-state index is 0.561. The molecule has 1 aromatic carbocycles. The molecule has 0 saturated carbocycles. The highest BCUT2D eigenvalue weighted by atomic mass is 32.2. The second-order valence-electron chi connectivity index (χ2n) is 13.3. The molecule has 1 aromatic rings. The lowest BCUT2D eigenvalue weighted by molar-refractivity contribution is -0.372. The second kappa shape index (κ2) is 19.1. The van der Waals surface area contributed by atoms with Crippen LogP contribution in [0.25, 0.3) is 0 Å². The molecule has 308 valence electrons. The van der Waals surface area contributed by atoms with Crippen molar-refractivity contribution in [2.24, 2.45) is 0 Å². The number of carbonyl (C=O) groups is 1. The van der Waals surface area contributed by atoms with Gasteiger partial charge in [0.15, 0.2) is 18.9 Å². The zero-order valence-electron chi connectivity index (χ0n) is 28.8. The summed E-state index contributed by atoms with van der Waals surface area (Å²) in [5.74, 6) is -0.561. The smallest absolute Gasteiger partial charge is 0.217 e. The Bertz CT molecular complexity index is 1320. The van der Waals surface area contributed by atoms with Gasteiger partial charge in [0.25, 0.3) is 0 Å². The van der Waals surface area contributed by atoms with E-state index in [-0.39, 0.29) is 0 Å². The summed E-state index contributed by atoms with van der Waals surface area (Å²) in [6.45, 7) is -1.85. The fourth-order valence-electron chi connectivity index (χ4n) is 6.54. The number of nitrogens with one attached hydrogen (secondary N) is 1. The first kappa shape index (κ1) is 43.4. The molecule has 11 unspecified atom stereocenters. The van der Waals surface area contributed by atoms with Crippen LogP contribution in [0.5, 0.6) is 0 Å². The molecule has 0 spiro atoms. The minimum Gasteiger partial charge on any atom is -0.394 e. The highest BCUT2D eigenvalue weighted by Crippen LogP contribution is 2.37. The third-order valence-corrected chi connectivity index (χ3v) is 10.7. The zero-order valence-corrected chi connectivity index (χ0v) is 29.6. The lowest BCUT2D eigenvalue weighted by Crippen LogP contribution is -2.67. The van der Waals surface area contributed by atoms with Crippen LogP contribution in [0.1, 0.15) is 6.92 Å². The average molecular weight is 800 g/mol. The van der Waals surface area contributed by atoms with E-state index in [4.69, 9.17) is 33.2 Å². The molecule has 54 heavy (non-hydrogen) atoms. The molecule has 0 aliphatic carbocycles. The van der Waals surface area contributed by atoms with Crippen molar-refractivity contribution in [1.29, 1.82) is 0 Å². The lowest BCUT2D eigenvalue weighted by Gasteiger charge is -2.48. The van der Waals surface area contributed by atoms with E-state index in [2.05, 4.69) is 5.32 Å². The third-order valence-electron chi connectivity index (χ3n) is 9.57. The van der Waals surface area contributed by atoms with E-state index in [1.54, 1.807) is 30.3 Å². The van der Waals surface area contributed by atoms with Crippen LogP contribution < -0.4 is 5.32 Å². The highest BCUT2D eigenvalue weighted by Gasteiger charge is 2.54. The predicted octanol–water partition coefficient (Wildman–Crippen LogP) is -6.80. The summed E-state index contributed by atoms with van der Waals surface area (Å²) in [4.78, 5) is 13.0. The quantitative estimate of drug-likeness (QED) is 0.0882. The van der Waals surface area contributed by atoms with Crippen LogP contribution in [-0.2, 0) is 38.0 Å². The van der Waals surface area contributed by atoms with Gasteiger partial charge in [-0.15, -0.1) is 0 Å². The third kappa shape index (κ3) is 9.52. The van der Waals surface area contributed by atoms with Crippen molar-refractivity contribution in [2.45, 2.75) is 134 Å². The molecule has 0 bridgehead atoms. The summed E-state index contributed by atoms with van der Waals surface area (Å²) in [6.07, 6.45) is -30.8. The monoisotopic (exact) mass is 799 g/mol. The molecular weight excluding hydrogens is 750 g/mol. The molecule has 4 saturated heterocycles. The van der Waals surface area contributed by atoms with Gasteiger partial charge in [0, 0.05) is 11.8 Å². The number of aliphatic hydroxyl groups is 12. The van der Waals surface area contributed by atoms with Gasteiger partial charge < -0.3 is 99.8 Å². The largest absolute Gasteiger partial charge is 0.394 e. The van der Waals surface area contributed by atoms with E-state index in [0.717, 1.165) is 11.8 Å². The number of thioether (sulfide) groups is 1. The summed E-state index contributed by atoms with van der Waals surface area (Å²) in [5.41, 5.74) is -1.06. The van der Waals surface area contributed by atoms with Crippen LogP contribution in [-0.4, -0.2) is 216 Å². The van der Waals surface area contributed by atoms with Crippen molar-refractivity contribution in [1.82, 2.24) is 5.32 Å². The average Bonchev–Trinajstić information content (AvgIpc) is 3.16. The number of benzene rings is 1. The first-order chi connectivity index (χ1) is 25.7. The van der Waals surface area contributed by atoms with Crippen molar-refractivity contribution in [2.75, 3.05) is 26.4 Å². The Morgan fingerprint density at radius 2 is 1.09 bits per heavy atom. The molecular formula is C32H49NO20S. The van der Waals surface area contributed by atoms with Gasteiger partial charge >= 0.3 is 0 Å². The second-order valence-corrected chi connectivity index (χ2v) is 14.5. The maximum atomic E-state index is 12.3. The Labute approximate surface area is 312 Å². The topological polar surface area (TPSA) is 336 Å². The van der Waals surface area contributed by atoms with Gasteiger partial charge in [-0.05, 0) is 12.1 Å². The van der Waals surface area contributed by atoms with Gasteiger partial charge in [-0.25, -0.2) is 0 Å². The maximum absolute atomic E-state index is 12.3. The minimum atomic E-state index is -1.93. The van der Waals surface area contributed by atoms with Crippen LogP contribution in [0.15, 0.2) is 35.2 Å². The van der Waals surface area contributed by atoms with Gasteiger partial charge in [-0.3, -0.25) is 4.79 Å². The molecule has 0 aromatic heterocycles. The van der Waals surface area contributed by atoms with Crippen molar-refractivity contribution < 1.29 is 99.2 Å². The van der Waals surface area contributed by atoms with Crippen molar-refractivity contribution in [3.63, 3.8) is 0 Å². The molecule has 5 rings (SSSR count). The Balaban J connectivity index is 1.44. The van der Waals surface area contributed by atoms with E-state index >= 15 is 0 Å². The summed E-state index contributed by atoms with van der Waals surface area (Å²) in [6, 6.07) is 7.55. The van der Waals surface area contributed by atoms with Crippen molar-refractivity contribution >= 4 is 17.7 Å². The van der Waals surface area contributed by atoms with E-state index in [9.17, 15) is 66.1 Å². The molecule has 4 aliphatic heterocycles. The fourth-order valence-corrected chi connectivity index (χ4v) is 7.70. The number of ether oxygens (including phenoxy) is 7. The summed E-state index contributed by atoms with van der Waals surface area (Å²) in [5, 5.41) is 128. The summed E-state index contributed by atoms with van der Waals surface area (Å²) >= 11 is 1.10. The summed E-state index contributed by atoms with van der Waals surface area (Å²) in [7, 11) is 0. The first-order valence-electron chi connectivity index (χ1n) is 17.2. The molecule has 4 aliphatic rings. The molecule has 0 radical (unpaired) electrons. The molecule has 4 fully saturated rings. The number of hydrogen-bond donors (Lipinski definition) is 13. The Hall–Kier alpha value is -1.72. The van der Waals surface area contributed by atoms with Gasteiger partial charge in [-0.2, -0.15) is 0 Å². The van der Waals surface area contributed by atoms with Crippen LogP contribution in [0.4, 0.5) is 0 Å². The Morgan fingerprint density at radius 1 is 0.611 bits per heavy atom. The van der Waals surface area contributed by atoms with E-state index < -0.39 is 154 Å². The van der Waals surface area contributed by atoms with Crippen LogP contribution in [0.3, 0.4) is 0 Å². The molecule has 4 heterocycles. The highest BCUT2D eigenvalue weighted by molar-refractivity contribution is 7.99. The zero-order chi connectivity index (χ0) is 39.4. The first-order valence-corrected chi connectivity index (χ1v) is 18.1. The van der Waals surface area contributed by atoms with Crippen molar-refractivity contribution in [3.8, 4) is 0 Å². The van der Waals surface area contributed by atoms with E-state index in [1.165, 1.54) is 6.92 Å². The number of amides is 1. The standard InChI is InChI=1S/C32H49NO20S/c1-11(37)33-17-21(41)27(52-29-25(45)22(42)18(38)13(7-34)48-29)16(51-32(17)54-12-5-3-2-4-6-12)10-47-31-28(24(44)20(40)15(9-36)50-31)53-30-26(46)23(43)19(39)14(8-35)49-30/h2-6,13-32,34-36,38-46H,7-10H2,1H3,(H,33,37)/t13-,14?,15?,16?,17?,18-,19-,20-,21?,22?,23?,24?,25?,26?,27+,28?,29-,30-,31+,32-/m0/s1. The van der Waals surface area contributed by atoms with E-state index in [0.29, 0.717) is 4.90 Å². The van der Waals surface area contributed by atoms with Gasteiger partial charge in [0.1, 0.15) is 97.0 Å². The van der Waals surface area contributed by atoms with Gasteiger partial charge in [0.2, 0.25) is 5.91 Å². The molecule has 22 heteroatoms. The number of rotatable bonds is 13. The van der Waals surface area contributed by atoms with Crippen LogP contribution >= 0.6 is 11.8 Å². The van der Waals surface area contributed by atoms with E-state index in [1.807, 2.05) is 0 Å². The SMILES string of the molecule is CC(=O)NC1C(O)[C@H](O[C@@H]2O[C@@H](CO)[C@H](O)C(O)C2O)C(CO[C@@H]2OC(CO)[C@H](O)C(O)C2O[C@@H]2OC(CO)[C@H](O)C(O)C2O)O[C@H]1Sc1ccccc1.